The summed E-state index contributed by atoms with van der Waals surface area (Å²) in [6.45, 7) is 0.348. The Morgan fingerprint density at radius 1 is 1.14 bits per heavy atom. The molecule has 2 aromatic rings. The minimum Gasteiger partial charge on any atom is -0.486 e. The quantitative estimate of drug-likeness (QED) is 0.523. The van der Waals surface area contributed by atoms with Gasteiger partial charge in [0.15, 0.2) is 5.82 Å². The molecule has 0 spiro atoms. The Hall–Kier alpha value is -0.880. The summed E-state index contributed by atoms with van der Waals surface area (Å²) in [6, 6.07) is 9.70. The van der Waals surface area contributed by atoms with Crippen LogP contribution in [0.5, 0.6) is 5.75 Å². The fourth-order valence-electron chi connectivity index (χ4n) is 2.68. The van der Waals surface area contributed by atoms with Gasteiger partial charge in [0.05, 0.1) is 9.26 Å². The van der Waals surface area contributed by atoms with Crippen molar-refractivity contribution in [1.29, 1.82) is 0 Å². The van der Waals surface area contributed by atoms with Crippen LogP contribution in [-0.4, -0.2) is 9.97 Å². The number of aromatic nitrogens is 2. The molecule has 1 aliphatic rings. The average molecular weight is 415 g/mol. The van der Waals surface area contributed by atoms with E-state index in [0.29, 0.717) is 23.5 Å². The van der Waals surface area contributed by atoms with Gasteiger partial charge in [0.1, 0.15) is 17.5 Å². The second-order valence-corrected chi connectivity index (χ2v) is 6.65. The number of rotatable bonds is 4. The highest BCUT2D eigenvalue weighted by atomic mass is 127. The van der Waals surface area contributed by atoms with Crippen LogP contribution in [0.1, 0.15) is 43.1 Å². The zero-order chi connectivity index (χ0) is 14.7. The lowest BCUT2D eigenvalue weighted by Crippen LogP contribution is -2.09. The Labute approximate surface area is 143 Å². The van der Waals surface area contributed by atoms with Crippen LogP contribution in [0.2, 0.25) is 5.15 Å². The maximum atomic E-state index is 6.26. The van der Waals surface area contributed by atoms with Crippen LogP contribution in [0.3, 0.4) is 0 Å². The molecule has 3 nitrogen and oxygen atoms in total. The molecule has 0 atom stereocenters. The molecule has 1 aromatic carbocycles. The summed E-state index contributed by atoms with van der Waals surface area (Å²) in [6.07, 6.45) is 4.95. The standard InChI is InChI=1S/C16H16ClIN2O/c17-16-14(18)15(11-6-4-5-7-11)19-13(20-16)10-21-12-8-2-1-3-9-12/h1-3,8-9,11H,4-7,10H2. The Bertz CT molecular complexity index is 615. The van der Waals surface area contributed by atoms with Gasteiger partial charge in [-0.2, -0.15) is 0 Å². The van der Waals surface area contributed by atoms with E-state index in [4.69, 9.17) is 21.3 Å². The first-order valence-electron chi connectivity index (χ1n) is 7.13. The topological polar surface area (TPSA) is 35.0 Å². The SMILES string of the molecule is Clc1nc(COc2ccccc2)nc(C2CCCC2)c1I. The molecule has 5 heteroatoms. The van der Waals surface area contributed by atoms with Crippen molar-refractivity contribution >= 4 is 34.2 Å². The van der Waals surface area contributed by atoms with Crippen molar-refractivity contribution in [3.8, 4) is 5.75 Å². The molecule has 0 bridgehead atoms. The summed E-state index contributed by atoms with van der Waals surface area (Å²) in [5, 5.41) is 0.541. The maximum absolute atomic E-state index is 6.26. The van der Waals surface area contributed by atoms with Crippen LogP contribution in [0.4, 0.5) is 0 Å². The zero-order valence-electron chi connectivity index (χ0n) is 11.6. The smallest absolute Gasteiger partial charge is 0.167 e. The van der Waals surface area contributed by atoms with Gasteiger partial charge in [-0.05, 0) is 47.6 Å². The second-order valence-electron chi connectivity index (χ2n) is 5.21. The fraction of sp³-hybridized carbons (Fsp3) is 0.375. The van der Waals surface area contributed by atoms with Crippen LogP contribution < -0.4 is 4.74 Å². The maximum Gasteiger partial charge on any atom is 0.167 e. The van der Waals surface area contributed by atoms with E-state index in [2.05, 4.69) is 27.6 Å². The number of ether oxygens (including phenoxy) is 1. The molecule has 0 amide bonds. The van der Waals surface area contributed by atoms with Gasteiger partial charge in [-0.3, -0.25) is 0 Å². The molecule has 0 radical (unpaired) electrons. The first-order valence-corrected chi connectivity index (χ1v) is 8.59. The van der Waals surface area contributed by atoms with Crippen LogP contribution in [0, 0.1) is 3.57 Å². The molecule has 0 unspecified atom stereocenters. The Morgan fingerprint density at radius 3 is 2.57 bits per heavy atom. The third-order valence-corrected chi connectivity index (χ3v) is 5.39. The van der Waals surface area contributed by atoms with Crippen molar-refractivity contribution in [3.63, 3.8) is 0 Å². The van der Waals surface area contributed by atoms with E-state index in [1.54, 1.807) is 0 Å². The molecule has 0 N–H and O–H groups in total. The third kappa shape index (κ3) is 3.66. The second kappa shape index (κ2) is 6.92. The molecule has 0 saturated heterocycles. The van der Waals surface area contributed by atoms with Crippen molar-refractivity contribution in [2.45, 2.75) is 38.2 Å². The number of hydrogen-bond acceptors (Lipinski definition) is 3. The van der Waals surface area contributed by atoms with E-state index in [9.17, 15) is 0 Å². The van der Waals surface area contributed by atoms with Gasteiger partial charge >= 0.3 is 0 Å². The van der Waals surface area contributed by atoms with Crippen molar-refractivity contribution < 1.29 is 4.74 Å². The van der Waals surface area contributed by atoms with Crippen LogP contribution in [0.15, 0.2) is 30.3 Å². The summed E-state index contributed by atoms with van der Waals surface area (Å²) in [7, 11) is 0. The first-order chi connectivity index (χ1) is 10.2. The van der Waals surface area contributed by atoms with Gasteiger partial charge < -0.3 is 4.74 Å². The zero-order valence-corrected chi connectivity index (χ0v) is 14.5. The van der Waals surface area contributed by atoms with Gasteiger partial charge in [0, 0.05) is 5.92 Å². The van der Waals surface area contributed by atoms with Gasteiger partial charge in [0.25, 0.3) is 0 Å². The highest BCUT2D eigenvalue weighted by Crippen LogP contribution is 2.36. The Balaban J connectivity index is 1.79. The van der Waals surface area contributed by atoms with Crippen molar-refractivity contribution in [2.75, 3.05) is 0 Å². The molecular formula is C16H16ClIN2O. The molecule has 1 saturated carbocycles. The lowest BCUT2D eigenvalue weighted by molar-refractivity contribution is 0.295. The monoisotopic (exact) mass is 414 g/mol. The molecule has 1 heterocycles. The van der Waals surface area contributed by atoms with Crippen LogP contribution >= 0.6 is 34.2 Å². The molecule has 1 fully saturated rings. The molecular weight excluding hydrogens is 399 g/mol. The highest BCUT2D eigenvalue weighted by molar-refractivity contribution is 14.1. The number of halogens is 2. The van der Waals surface area contributed by atoms with Crippen molar-refractivity contribution in [1.82, 2.24) is 9.97 Å². The number of benzene rings is 1. The van der Waals surface area contributed by atoms with E-state index in [1.165, 1.54) is 25.7 Å². The van der Waals surface area contributed by atoms with E-state index >= 15 is 0 Å². The van der Waals surface area contributed by atoms with Gasteiger partial charge in [0.2, 0.25) is 0 Å². The van der Waals surface area contributed by atoms with E-state index in [0.717, 1.165) is 15.0 Å². The summed E-state index contributed by atoms with van der Waals surface area (Å²) >= 11 is 8.52. The van der Waals surface area contributed by atoms with Gasteiger partial charge in [-0.15, -0.1) is 0 Å². The molecule has 0 aliphatic heterocycles. The number of nitrogens with zero attached hydrogens (tertiary/aromatic N) is 2. The predicted molar refractivity (Wildman–Crippen MR) is 91.7 cm³/mol. The van der Waals surface area contributed by atoms with Crippen LogP contribution in [0.25, 0.3) is 0 Å². The molecule has 1 aromatic heterocycles. The minimum absolute atomic E-state index is 0.348. The average Bonchev–Trinajstić information content (AvgIpc) is 3.03. The Kier molecular flexibility index (Phi) is 4.95. The molecule has 110 valence electrons. The number of para-hydroxylation sites is 1. The first kappa shape index (κ1) is 15.0. The van der Waals surface area contributed by atoms with Gasteiger partial charge in [-0.1, -0.05) is 42.6 Å². The molecule has 3 rings (SSSR count). The summed E-state index contributed by atoms with van der Waals surface area (Å²) in [4.78, 5) is 9.04. The fourth-order valence-corrected chi connectivity index (χ4v) is 3.56. The van der Waals surface area contributed by atoms with Crippen molar-refractivity contribution in [2.24, 2.45) is 0 Å². The predicted octanol–water partition coefficient (Wildman–Crippen LogP) is 4.97. The lowest BCUT2D eigenvalue weighted by atomic mass is 10.0. The Morgan fingerprint density at radius 2 is 1.86 bits per heavy atom. The van der Waals surface area contributed by atoms with E-state index < -0.39 is 0 Å². The van der Waals surface area contributed by atoms with Crippen LogP contribution in [-0.2, 0) is 6.61 Å². The molecule has 21 heavy (non-hydrogen) atoms. The van der Waals surface area contributed by atoms with Gasteiger partial charge in [-0.25, -0.2) is 9.97 Å². The summed E-state index contributed by atoms with van der Waals surface area (Å²) in [5.74, 6) is 2.00. The minimum atomic E-state index is 0.348. The summed E-state index contributed by atoms with van der Waals surface area (Å²) < 4.78 is 6.71. The number of hydrogen-bond donors (Lipinski definition) is 0. The van der Waals surface area contributed by atoms with Crippen molar-refractivity contribution in [3.05, 3.63) is 50.6 Å². The van der Waals surface area contributed by atoms with E-state index in [-0.39, 0.29) is 0 Å². The third-order valence-electron chi connectivity index (χ3n) is 3.74. The normalized spacial score (nSPS) is 15.3. The summed E-state index contributed by atoms with van der Waals surface area (Å²) in [5.41, 5.74) is 1.10. The largest absolute Gasteiger partial charge is 0.486 e. The van der Waals surface area contributed by atoms with E-state index in [1.807, 2.05) is 30.3 Å². The molecule has 1 aliphatic carbocycles. The highest BCUT2D eigenvalue weighted by Gasteiger charge is 2.23. The lowest BCUT2D eigenvalue weighted by Gasteiger charge is -2.13.